The van der Waals surface area contributed by atoms with Gasteiger partial charge in [0.05, 0.1) is 5.69 Å². The lowest BCUT2D eigenvalue weighted by molar-refractivity contribution is 0.431. The molecule has 0 bridgehead atoms. The monoisotopic (exact) mass is 191 g/mol. The Morgan fingerprint density at radius 1 is 1.55 bits per heavy atom. The average Bonchev–Trinajstić information content (AvgIpc) is 2.28. The van der Waals surface area contributed by atoms with Crippen LogP contribution >= 0.6 is 23.4 Å². The summed E-state index contributed by atoms with van der Waals surface area (Å²) in [5.74, 6) is 2.37. The van der Waals surface area contributed by atoms with Gasteiger partial charge in [0, 0.05) is 11.6 Å². The quantitative estimate of drug-likeness (QED) is 0.543. The highest BCUT2D eigenvalue weighted by Crippen LogP contribution is 2.19. The SMILES string of the molecule is Cc1nc(SCCCl)oc1C. The first kappa shape index (κ1) is 8.94. The lowest BCUT2D eigenvalue weighted by Crippen LogP contribution is -1.78. The van der Waals surface area contributed by atoms with E-state index in [2.05, 4.69) is 4.98 Å². The van der Waals surface area contributed by atoms with Crippen molar-refractivity contribution in [3.63, 3.8) is 0 Å². The fraction of sp³-hybridized carbons (Fsp3) is 0.571. The van der Waals surface area contributed by atoms with Crippen LogP contribution in [0.5, 0.6) is 0 Å². The average molecular weight is 192 g/mol. The van der Waals surface area contributed by atoms with Crippen LogP contribution in [-0.4, -0.2) is 16.6 Å². The molecule has 4 heteroatoms. The first-order chi connectivity index (χ1) is 5.24. The topological polar surface area (TPSA) is 26.0 Å². The van der Waals surface area contributed by atoms with E-state index in [4.69, 9.17) is 16.0 Å². The van der Waals surface area contributed by atoms with E-state index in [0.717, 1.165) is 22.4 Å². The molecule has 1 aromatic heterocycles. The number of halogens is 1. The van der Waals surface area contributed by atoms with Crippen LogP contribution in [0.25, 0.3) is 0 Å². The zero-order valence-electron chi connectivity index (χ0n) is 6.56. The Bertz CT molecular complexity index is 217. The van der Waals surface area contributed by atoms with Crippen molar-refractivity contribution in [1.29, 1.82) is 0 Å². The molecule has 0 aliphatic rings. The normalized spacial score (nSPS) is 10.5. The summed E-state index contributed by atoms with van der Waals surface area (Å²) < 4.78 is 5.31. The van der Waals surface area contributed by atoms with E-state index in [0.29, 0.717) is 5.88 Å². The summed E-state index contributed by atoms with van der Waals surface area (Å²) in [5.41, 5.74) is 0.960. The molecule has 0 saturated heterocycles. The van der Waals surface area contributed by atoms with Crippen LogP contribution in [0.4, 0.5) is 0 Å². The standard InChI is InChI=1S/C7H10ClNOS/c1-5-6(2)10-7(9-5)11-4-3-8/h3-4H2,1-2H3. The molecular formula is C7H10ClNOS. The van der Waals surface area contributed by atoms with Gasteiger partial charge in [0.2, 0.25) is 0 Å². The number of hydrogen-bond donors (Lipinski definition) is 0. The van der Waals surface area contributed by atoms with Gasteiger partial charge in [-0.3, -0.25) is 0 Å². The fourth-order valence-electron chi connectivity index (χ4n) is 0.631. The fourth-order valence-corrected chi connectivity index (χ4v) is 1.50. The predicted octanol–water partition coefficient (Wildman–Crippen LogP) is 2.62. The van der Waals surface area contributed by atoms with Crippen molar-refractivity contribution in [2.75, 3.05) is 11.6 Å². The van der Waals surface area contributed by atoms with E-state index in [1.54, 1.807) is 11.8 Å². The minimum Gasteiger partial charge on any atom is -0.437 e. The molecule has 0 aliphatic heterocycles. The van der Waals surface area contributed by atoms with Crippen molar-refractivity contribution in [3.05, 3.63) is 11.5 Å². The Labute approximate surface area is 75.3 Å². The van der Waals surface area contributed by atoms with Crippen LogP contribution in [0, 0.1) is 13.8 Å². The van der Waals surface area contributed by atoms with E-state index < -0.39 is 0 Å². The largest absolute Gasteiger partial charge is 0.437 e. The first-order valence-electron chi connectivity index (χ1n) is 3.37. The second-order valence-electron chi connectivity index (χ2n) is 2.16. The van der Waals surface area contributed by atoms with Gasteiger partial charge >= 0.3 is 0 Å². The van der Waals surface area contributed by atoms with Gasteiger partial charge in [0.1, 0.15) is 5.76 Å². The van der Waals surface area contributed by atoms with Crippen LogP contribution in [0.2, 0.25) is 0 Å². The molecule has 0 spiro atoms. The van der Waals surface area contributed by atoms with Gasteiger partial charge in [-0.15, -0.1) is 11.6 Å². The number of aryl methyl sites for hydroxylation is 2. The van der Waals surface area contributed by atoms with Crippen molar-refractivity contribution >= 4 is 23.4 Å². The molecule has 11 heavy (non-hydrogen) atoms. The molecule has 0 amide bonds. The van der Waals surface area contributed by atoms with Gasteiger partial charge in [-0.2, -0.15) is 0 Å². The second-order valence-corrected chi connectivity index (χ2v) is 3.58. The van der Waals surface area contributed by atoms with Gasteiger partial charge < -0.3 is 4.42 Å². The van der Waals surface area contributed by atoms with Crippen molar-refractivity contribution in [2.45, 2.75) is 19.1 Å². The van der Waals surface area contributed by atoms with Gasteiger partial charge in [-0.25, -0.2) is 4.98 Å². The summed E-state index contributed by atoms with van der Waals surface area (Å²) in [4.78, 5) is 4.19. The molecule has 0 aliphatic carbocycles. The molecule has 2 nitrogen and oxygen atoms in total. The third-order valence-electron chi connectivity index (χ3n) is 1.31. The van der Waals surface area contributed by atoms with Crippen molar-refractivity contribution in [3.8, 4) is 0 Å². The summed E-state index contributed by atoms with van der Waals surface area (Å²) in [6, 6.07) is 0. The molecule has 0 aromatic carbocycles. The van der Waals surface area contributed by atoms with Gasteiger partial charge in [0.25, 0.3) is 5.22 Å². The molecule has 1 heterocycles. The number of aromatic nitrogens is 1. The van der Waals surface area contributed by atoms with Crippen molar-refractivity contribution < 1.29 is 4.42 Å². The molecule has 0 atom stereocenters. The maximum atomic E-state index is 5.51. The van der Waals surface area contributed by atoms with E-state index in [1.165, 1.54) is 0 Å². The Kier molecular flexibility index (Phi) is 3.27. The number of hydrogen-bond acceptors (Lipinski definition) is 3. The Morgan fingerprint density at radius 3 is 2.73 bits per heavy atom. The summed E-state index contributed by atoms with van der Waals surface area (Å²) in [5, 5.41) is 0.723. The lowest BCUT2D eigenvalue weighted by Gasteiger charge is -1.88. The Balaban J connectivity index is 2.58. The third kappa shape index (κ3) is 2.42. The summed E-state index contributed by atoms with van der Waals surface area (Å²) in [7, 11) is 0. The molecule has 0 unspecified atom stereocenters. The molecule has 0 fully saturated rings. The zero-order chi connectivity index (χ0) is 8.27. The van der Waals surface area contributed by atoms with Crippen LogP contribution in [0.15, 0.2) is 9.64 Å². The summed E-state index contributed by atoms with van der Waals surface area (Å²) in [6.07, 6.45) is 0. The van der Waals surface area contributed by atoms with E-state index in [9.17, 15) is 0 Å². The summed E-state index contributed by atoms with van der Waals surface area (Å²) in [6.45, 7) is 3.84. The first-order valence-corrected chi connectivity index (χ1v) is 4.89. The molecular weight excluding hydrogens is 182 g/mol. The highest BCUT2D eigenvalue weighted by Gasteiger charge is 2.04. The van der Waals surface area contributed by atoms with Crippen LogP contribution in [-0.2, 0) is 0 Å². The Hall–Kier alpha value is -0.150. The number of rotatable bonds is 3. The van der Waals surface area contributed by atoms with Crippen LogP contribution in [0.3, 0.4) is 0 Å². The molecule has 0 saturated carbocycles. The van der Waals surface area contributed by atoms with Gasteiger partial charge in [-0.1, -0.05) is 11.8 Å². The number of alkyl halides is 1. The van der Waals surface area contributed by atoms with E-state index in [-0.39, 0.29) is 0 Å². The third-order valence-corrected chi connectivity index (χ3v) is 2.55. The second kappa shape index (κ2) is 4.02. The molecule has 0 radical (unpaired) electrons. The van der Waals surface area contributed by atoms with E-state index >= 15 is 0 Å². The maximum Gasteiger partial charge on any atom is 0.256 e. The van der Waals surface area contributed by atoms with Gasteiger partial charge in [-0.05, 0) is 13.8 Å². The number of oxazole rings is 1. The van der Waals surface area contributed by atoms with Crippen molar-refractivity contribution in [1.82, 2.24) is 4.98 Å². The number of nitrogens with zero attached hydrogens (tertiary/aromatic N) is 1. The van der Waals surface area contributed by atoms with Crippen LogP contribution < -0.4 is 0 Å². The van der Waals surface area contributed by atoms with E-state index in [1.807, 2.05) is 13.8 Å². The maximum absolute atomic E-state index is 5.51. The van der Waals surface area contributed by atoms with Crippen molar-refractivity contribution in [2.24, 2.45) is 0 Å². The molecule has 1 rings (SSSR count). The lowest BCUT2D eigenvalue weighted by atomic mass is 10.4. The van der Waals surface area contributed by atoms with Crippen LogP contribution in [0.1, 0.15) is 11.5 Å². The smallest absolute Gasteiger partial charge is 0.256 e. The molecule has 0 N–H and O–H groups in total. The Morgan fingerprint density at radius 2 is 2.27 bits per heavy atom. The zero-order valence-corrected chi connectivity index (χ0v) is 8.13. The minimum atomic E-state index is 0.630. The minimum absolute atomic E-state index is 0.630. The highest BCUT2D eigenvalue weighted by atomic mass is 35.5. The predicted molar refractivity (Wildman–Crippen MR) is 47.4 cm³/mol. The highest BCUT2D eigenvalue weighted by molar-refractivity contribution is 7.99. The molecule has 62 valence electrons. The summed E-state index contributed by atoms with van der Waals surface area (Å²) >= 11 is 7.05. The van der Waals surface area contributed by atoms with Gasteiger partial charge in [0.15, 0.2) is 0 Å². The number of thioether (sulfide) groups is 1. The molecule has 1 aromatic rings.